The highest BCUT2D eigenvalue weighted by atomic mass is 32.1. The van der Waals surface area contributed by atoms with Crippen LogP contribution >= 0.6 is 11.3 Å². The summed E-state index contributed by atoms with van der Waals surface area (Å²) in [5.74, 6) is -0.190. The molecule has 2 heterocycles. The third-order valence-electron chi connectivity index (χ3n) is 3.04. The van der Waals surface area contributed by atoms with Crippen LogP contribution in [-0.4, -0.2) is 22.1 Å². The first-order valence-electron chi connectivity index (χ1n) is 7.03. The van der Waals surface area contributed by atoms with Gasteiger partial charge in [0.15, 0.2) is 0 Å². The van der Waals surface area contributed by atoms with Gasteiger partial charge in [0, 0.05) is 23.3 Å². The highest BCUT2D eigenvalue weighted by molar-refractivity contribution is 7.10. The summed E-state index contributed by atoms with van der Waals surface area (Å²) in [5.41, 5.74) is 5.32. The van der Waals surface area contributed by atoms with Crippen molar-refractivity contribution in [2.24, 2.45) is 5.10 Å². The first-order valence-corrected chi connectivity index (χ1v) is 7.91. The lowest BCUT2D eigenvalue weighted by molar-refractivity contribution is -0.120. The van der Waals surface area contributed by atoms with Crippen molar-refractivity contribution < 1.29 is 4.79 Å². The second kappa shape index (κ2) is 7.42. The fourth-order valence-electron chi connectivity index (χ4n) is 1.94. The zero-order chi connectivity index (χ0) is 15.9. The summed E-state index contributed by atoms with van der Waals surface area (Å²) in [4.78, 5) is 20.3. The third kappa shape index (κ3) is 4.31. The molecule has 0 bridgehead atoms. The number of carbonyl (C=O) groups is 1. The number of nitrogens with one attached hydrogen (secondary N) is 1. The Bertz CT molecular complexity index is 800. The SMILES string of the molecule is O=C(Cc1nc(-c2ccccc2)cs1)N/N=C\c1ccncc1. The standard InChI is InChI=1S/C17H14N4OS/c22-16(21-19-11-13-6-8-18-9-7-13)10-17-20-15(12-23-17)14-4-2-1-3-5-14/h1-9,11-12H,10H2,(H,21,22)/b19-11-. The molecule has 0 atom stereocenters. The summed E-state index contributed by atoms with van der Waals surface area (Å²) in [6.07, 6.45) is 5.13. The van der Waals surface area contributed by atoms with Gasteiger partial charge in [-0.1, -0.05) is 30.3 Å². The topological polar surface area (TPSA) is 67.2 Å². The van der Waals surface area contributed by atoms with E-state index in [9.17, 15) is 4.79 Å². The van der Waals surface area contributed by atoms with Crippen LogP contribution in [0.25, 0.3) is 11.3 Å². The molecule has 1 aromatic carbocycles. The van der Waals surface area contributed by atoms with Crippen molar-refractivity contribution in [1.82, 2.24) is 15.4 Å². The largest absolute Gasteiger partial charge is 0.273 e. The minimum absolute atomic E-state index is 0.190. The highest BCUT2D eigenvalue weighted by Gasteiger charge is 2.08. The van der Waals surface area contributed by atoms with Crippen LogP contribution in [0.3, 0.4) is 0 Å². The zero-order valence-corrected chi connectivity index (χ0v) is 13.0. The molecule has 114 valence electrons. The Morgan fingerprint density at radius 2 is 1.96 bits per heavy atom. The molecule has 1 N–H and O–H groups in total. The monoisotopic (exact) mass is 322 g/mol. The van der Waals surface area contributed by atoms with Gasteiger partial charge in [-0.2, -0.15) is 5.10 Å². The fourth-order valence-corrected chi connectivity index (χ4v) is 2.74. The van der Waals surface area contributed by atoms with Gasteiger partial charge in [0.1, 0.15) is 5.01 Å². The van der Waals surface area contributed by atoms with Crippen LogP contribution in [0, 0.1) is 0 Å². The molecule has 0 aliphatic carbocycles. The van der Waals surface area contributed by atoms with Crippen LogP contribution in [0.4, 0.5) is 0 Å². The molecule has 0 aliphatic heterocycles. The molecule has 0 spiro atoms. The summed E-state index contributed by atoms with van der Waals surface area (Å²) in [6, 6.07) is 13.5. The van der Waals surface area contributed by atoms with Gasteiger partial charge in [0.2, 0.25) is 5.91 Å². The van der Waals surface area contributed by atoms with Crippen LogP contribution in [0.2, 0.25) is 0 Å². The van der Waals surface area contributed by atoms with E-state index in [0.29, 0.717) is 0 Å². The molecule has 6 heteroatoms. The van der Waals surface area contributed by atoms with Gasteiger partial charge < -0.3 is 0 Å². The van der Waals surface area contributed by atoms with E-state index < -0.39 is 0 Å². The van der Waals surface area contributed by atoms with Crippen LogP contribution in [0.1, 0.15) is 10.6 Å². The van der Waals surface area contributed by atoms with Gasteiger partial charge in [-0.25, -0.2) is 10.4 Å². The van der Waals surface area contributed by atoms with E-state index in [-0.39, 0.29) is 12.3 Å². The van der Waals surface area contributed by atoms with Gasteiger partial charge >= 0.3 is 0 Å². The maximum Gasteiger partial charge on any atom is 0.246 e. The van der Waals surface area contributed by atoms with Crippen LogP contribution in [0.15, 0.2) is 65.3 Å². The summed E-state index contributed by atoms with van der Waals surface area (Å²) >= 11 is 1.47. The number of rotatable bonds is 5. The summed E-state index contributed by atoms with van der Waals surface area (Å²) in [5, 5.41) is 6.65. The maximum absolute atomic E-state index is 11.9. The second-order valence-electron chi connectivity index (χ2n) is 4.74. The maximum atomic E-state index is 11.9. The van der Waals surface area contributed by atoms with E-state index in [4.69, 9.17) is 0 Å². The molecular weight excluding hydrogens is 308 g/mol. The van der Waals surface area contributed by atoms with E-state index in [0.717, 1.165) is 21.8 Å². The molecule has 0 aliphatic rings. The fraction of sp³-hybridized carbons (Fsp3) is 0.0588. The summed E-state index contributed by atoms with van der Waals surface area (Å²) < 4.78 is 0. The van der Waals surface area contributed by atoms with E-state index >= 15 is 0 Å². The van der Waals surface area contributed by atoms with Gasteiger partial charge in [0.25, 0.3) is 0 Å². The van der Waals surface area contributed by atoms with Crippen molar-refractivity contribution in [3.63, 3.8) is 0 Å². The Morgan fingerprint density at radius 3 is 2.74 bits per heavy atom. The lowest BCUT2D eigenvalue weighted by atomic mass is 10.2. The second-order valence-corrected chi connectivity index (χ2v) is 5.69. The predicted octanol–water partition coefficient (Wildman–Crippen LogP) is 2.90. The number of hydrogen-bond acceptors (Lipinski definition) is 5. The van der Waals surface area contributed by atoms with Crippen molar-refractivity contribution in [3.05, 3.63) is 70.8 Å². The van der Waals surface area contributed by atoms with Crippen molar-refractivity contribution in [2.45, 2.75) is 6.42 Å². The van der Waals surface area contributed by atoms with Crippen LogP contribution < -0.4 is 5.43 Å². The Hall–Kier alpha value is -2.86. The van der Waals surface area contributed by atoms with Crippen molar-refractivity contribution in [2.75, 3.05) is 0 Å². The van der Waals surface area contributed by atoms with Gasteiger partial charge in [-0.3, -0.25) is 9.78 Å². The van der Waals surface area contributed by atoms with Gasteiger partial charge in [0.05, 0.1) is 18.3 Å². The lowest BCUT2D eigenvalue weighted by Gasteiger charge is -1.97. The van der Waals surface area contributed by atoms with E-state index in [1.165, 1.54) is 11.3 Å². The highest BCUT2D eigenvalue weighted by Crippen LogP contribution is 2.21. The number of benzene rings is 1. The summed E-state index contributed by atoms with van der Waals surface area (Å²) in [7, 11) is 0. The van der Waals surface area contributed by atoms with Gasteiger partial charge in [-0.05, 0) is 17.7 Å². The minimum atomic E-state index is -0.190. The quantitative estimate of drug-likeness (QED) is 0.580. The number of hydrogen-bond donors (Lipinski definition) is 1. The number of hydrazone groups is 1. The Labute approximate surface area is 137 Å². The number of aromatic nitrogens is 2. The summed E-state index contributed by atoms with van der Waals surface area (Å²) in [6.45, 7) is 0. The average molecular weight is 322 g/mol. The average Bonchev–Trinajstić information content (AvgIpc) is 3.05. The van der Waals surface area contributed by atoms with E-state index in [1.54, 1.807) is 18.6 Å². The van der Waals surface area contributed by atoms with Crippen LogP contribution in [-0.2, 0) is 11.2 Å². The molecule has 3 aromatic rings. The smallest absolute Gasteiger partial charge is 0.246 e. The Morgan fingerprint density at radius 1 is 1.17 bits per heavy atom. The molecule has 23 heavy (non-hydrogen) atoms. The van der Waals surface area contributed by atoms with Gasteiger partial charge in [-0.15, -0.1) is 11.3 Å². The van der Waals surface area contributed by atoms with Crippen molar-refractivity contribution >= 4 is 23.5 Å². The molecule has 0 saturated carbocycles. The number of amides is 1. The Balaban J connectivity index is 1.56. The van der Waals surface area contributed by atoms with Crippen molar-refractivity contribution in [1.29, 1.82) is 0 Å². The van der Waals surface area contributed by atoms with Crippen LogP contribution in [0.5, 0.6) is 0 Å². The zero-order valence-electron chi connectivity index (χ0n) is 12.2. The number of pyridine rings is 1. The molecule has 0 fully saturated rings. The molecule has 5 nitrogen and oxygen atoms in total. The molecule has 0 unspecified atom stereocenters. The first-order chi connectivity index (χ1) is 11.3. The van der Waals surface area contributed by atoms with E-state index in [1.807, 2.05) is 47.8 Å². The third-order valence-corrected chi connectivity index (χ3v) is 3.89. The van der Waals surface area contributed by atoms with E-state index in [2.05, 4.69) is 20.5 Å². The molecule has 1 amide bonds. The predicted molar refractivity (Wildman–Crippen MR) is 91.2 cm³/mol. The Kier molecular flexibility index (Phi) is 4.85. The molecule has 2 aromatic heterocycles. The molecule has 0 radical (unpaired) electrons. The number of nitrogens with zero attached hydrogens (tertiary/aromatic N) is 3. The normalized spacial score (nSPS) is 10.8. The molecular formula is C17H14N4OS. The van der Waals surface area contributed by atoms with Crippen molar-refractivity contribution in [3.8, 4) is 11.3 Å². The number of carbonyl (C=O) groups excluding carboxylic acids is 1. The lowest BCUT2D eigenvalue weighted by Crippen LogP contribution is -2.19. The molecule has 0 saturated heterocycles. The number of thiazole rings is 1. The molecule has 3 rings (SSSR count). The first kappa shape index (κ1) is 15.1. The minimum Gasteiger partial charge on any atom is -0.273 e.